The molecule has 0 amide bonds. The Bertz CT molecular complexity index is 308. The summed E-state index contributed by atoms with van der Waals surface area (Å²) in [6, 6.07) is 0. The second-order valence-corrected chi connectivity index (χ2v) is 4.83. The lowest BCUT2D eigenvalue weighted by Crippen LogP contribution is -2.19. The number of hydrogen-bond acceptors (Lipinski definition) is 2. The third kappa shape index (κ3) is 2.59. The summed E-state index contributed by atoms with van der Waals surface area (Å²) in [5, 5.41) is 9.13. The molecule has 2 atom stereocenters. The van der Waals surface area contributed by atoms with Gasteiger partial charge in [-0.05, 0) is 24.7 Å². The highest BCUT2D eigenvalue weighted by atomic mass is 16.3. The fraction of sp³-hybridized carbons (Fsp3) is 0.750. The lowest BCUT2D eigenvalue weighted by Gasteiger charge is -2.27. The van der Waals surface area contributed by atoms with Gasteiger partial charge >= 0.3 is 0 Å². The van der Waals surface area contributed by atoms with Gasteiger partial charge in [-0.15, -0.1) is 0 Å². The molecule has 3 heteroatoms. The van der Waals surface area contributed by atoms with Crippen LogP contribution in [0.15, 0.2) is 12.5 Å². The second kappa shape index (κ2) is 4.79. The topological polar surface area (TPSA) is 38.0 Å². The highest BCUT2D eigenvalue weighted by molar-refractivity contribution is 4.96. The van der Waals surface area contributed by atoms with Crippen LogP contribution in [0.5, 0.6) is 0 Å². The van der Waals surface area contributed by atoms with Crippen molar-refractivity contribution in [3.05, 3.63) is 18.2 Å². The van der Waals surface area contributed by atoms with E-state index >= 15 is 0 Å². The molecule has 1 saturated carbocycles. The van der Waals surface area contributed by atoms with Crippen LogP contribution in [0.4, 0.5) is 0 Å². The fourth-order valence-corrected chi connectivity index (χ4v) is 2.65. The zero-order chi connectivity index (χ0) is 10.7. The molecule has 1 aliphatic rings. The zero-order valence-electron chi connectivity index (χ0n) is 9.39. The summed E-state index contributed by atoms with van der Waals surface area (Å²) in [7, 11) is 0. The maximum Gasteiger partial charge on any atom is 0.0948 e. The molecule has 15 heavy (non-hydrogen) atoms. The summed E-state index contributed by atoms with van der Waals surface area (Å²) in [4.78, 5) is 4.08. The lowest BCUT2D eigenvalue weighted by atomic mass is 9.82. The Morgan fingerprint density at radius 3 is 3.13 bits per heavy atom. The Kier molecular flexibility index (Phi) is 3.41. The molecule has 0 aliphatic heterocycles. The maximum atomic E-state index is 9.13. The van der Waals surface area contributed by atoms with E-state index in [2.05, 4.69) is 16.5 Å². The molecule has 2 unspecified atom stereocenters. The number of imidazole rings is 1. The normalized spacial score (nSPS) is 26.8. The Balaban J connectivity index is 1.96. The zero-order valence-corrected chi connectivity index (χ0v) is 9.39. The van der Waals surface area contributed by atoms with E-state index in [1.165, 1.54) is 25.7 Å². The van der Waals surface area contributed by atoms with Crippen LogP contribution in [0, 0.1) is 11.8 Å². The van der Waals surface area contributed by atoms with Crippen molar-refractivity contribution >= 4 is 0 Å². The van der Waals surface area contributed by atoms with E-state index in [0.717, 1.165) is 24.1 Å². The van der Waals surface area contributed by atoms with E-state index in [4.69, 9.17) is 5.11 Å². The molecule has 0 saturated heterocycles. The summed E-state index contributed by atoms with van der Waals surface area (Å²) < 4.78 is 2.10. The van der Waals surface area contributed by atoms with Crippen LogP contribution in [0.3, 0.4) is 0 Å². The molecular weight excluding hydrogens is 188 g/mol. The number of rotatable bonds is 3. The molecule has 84 valence electrons. The van der Waals surface area contributed by atoms with Crippen molar-refractivity contribution in [3.63, 3.8) is 0 Å². The number of hydrogen-bond donors (Lipinski definition) is 1. The third-order valence-electron chi connectivity index (χ3n) is 3.46. The van der Waals surface area contributed by atoms with Crippen molar-refractivity contribution in [2.45, 2.75) is 45.8 Å². The van der Waals surface area contributed by atoms with E-state index in [1.807, 2.05) is 6.33 Å². The van der Waals surface area contributed by atoms with Crippen molar-refractivity contribution in [1.82, 2.24) is 9.55 Å². The third-order valence-corrected chi connectivity index (χ3v) is 3.46. The Morgan fingerprint density at radius 2 is 2.40 bits per heavy atom. The molecule has 0 bridgehead atoms. The first-order valence-corrected chi connectivity index (χ1v) is 5.89. The van der Waals surface area contributed by atoms with Crippen molar-refractivity contribution in [1.29, 1.82) is 0 Å². The molecule has 1 heterocycles. The van der Waals surface area contributed by atoms with E-state index in [1.54, 1.807) is 6.20 Å². The predicted octanol–water partition coefficient (Wildman–Crippen LogP) is 2.20. The minimum atomic E-state index is 0.0995. The summed E-state index contributed by atoms with van der Waals surface area (Å²) in [6.45, 7) is 3.47. The van der Waals surface area contributed by atoms with Crippen molar-refractivity contribution < 1.29 is 5.11 Å². The van der Waals surface area contributed by atoms with Gasteiger partial charge in [-0.25, -0.2) is 4.98 Å². The minimum Gasteiger partial charge on any atom is -0.390 e. The predicted molar refractivity (Wildman–Crippen MR) is 59.3 cm³/mol. The van der Waals surface area contributed by atoms with Crippen LogP contribution in [0.25, 0.3) is 0 Å². The molecular formula is C12H20N2O. The van der Waals surface area contributed by atoms with Gasteiger partial charge in [0.15, 0.2) is 0 Å². The van der Waals surface area contributed by atoms with E-state index in [-0.39, 0.29) is 6.61 Å². The largest absolute Gasteiger partial charge is 0.390 e. The van der Waals surface area contributed by atoms with Gasteiger partial charge in [0.2, 0.25) is 0 Å². The molecule has 1 aliphatic carbocycles. The van der Waals surface area contributed by atoms with Crippen LogP contribution in [-0.4, -0.2) is 14.7 Å². The molecule has 1 fully saturated rings. The molecule has 0 aromatic carbocycles. The van der Waals surface area contributed by atoms with Gasteiger partial charge in [0, 0.05) is 6.54 Å². The van der Waals surface area contributed by atoms with E-state index in [9.17, 15) is 0 Å². The first-order chi connectivity index (χ1) is 7.29. The molecule has 3 nitrogen and oxygen atoms in total. The number of aromatic nitrogens is 2. The highest BCUT2D eigenvalue weighted by Gasteiger charge is 2.19. The summed E-state index contributed by atoms with van der Waals surface area (Å²) in [6.07, 6.45) is 8.98. The Hall–Kier alpha value is -0.830. The molecule has 0 radical (unpaired) electrons. The van der Waals surface area contributed by atoms with Gasteiger partial charge in [-0.3, -0.25) is 0 Å². The smallest absolute Gasteiger partial charge is 0.0948 e. The van der Waals surface area contributed by atoms with Gasteiger partial charge < -0.3 is 9.67 Å². The highest BCUT2D eigenvalue weighted by Crippen LogP contribution is 2.29. The van der Waals surface area contributed by atoms with Crippen LogP contribution in [-0.2, 0) is 13.2 Å². The number of nitrogens with zero attached hydrogens (tertiary/aromatic N) is 2. The Labute approximate surface area is 91.1 Å². The summed E-state index contributed by atoms with van der Waals surface area (Å²) in [5.41, 5.74) is 0.938. The van der Waals surface area contributed by atoms with Crippen LogP contribution in [0.2, 0.25) is 0 Å². The van der Waals surface area contributed by atoms with Crippen molar-refractivity contribution in [2.24, 2.45) is 11.8 Å². The average Bonchev–Trinajstić information content (AvgIpc) is 2.65. The lowest BCUT2D eigenvalue weighted by molar-refractivity contribution is 0.239. The number of aliphatic hydroxyl groups is 1. The van der Waals surface area contributed by atoms with Gasteiger partial charge in [0.25, 0.3) is 0 Å². The van der Waals surface area contributed by atoms with Gasteiger partial charge in [-0.1, -0.05) is 19.8 Å². The average molecular weight is 208 g/mol. The fourth-order valence-electron chi connectivity index (χ4n) is 2.65. The van der Waals surface area contributed by atoms with Crippen LogP contribution in [0.1, 0.15) is 38.3 Å². The van der Waals surface area contributed by atoms with Gasteiger partial charge in [0.1, 0.15) is 0 Å². The first-order valence-electron chi connectivity index (χ1n) is 5.89. The van der Waals surface area contributed by atoms with Crippen molar-refractivity contribution in [2.75, 3.05) is 0 Å². The quantitative estimate of drug-likeness (QED) is 0.827. The minimum absolute atomic E-state index is 0.0995. The van der Waals surface area contributed by atoms with E-state index < -0.39 is 0 Å². The molecule has 1 N–H and O–H groups in total. The molecule has 2 rings (SSSR count). The monoisotopic (exact) mass is 208 g/mol. The molecule has 1 aromatic rings. The summed E-state index contributed by atoms with van der Waals surface area (Å²) >= 11 is 0. The van der Waals surface area contributed by atoms with Crippen LogP contribution >= 0.6 is 0 Å². The molecule has 1 aromatic heterocycles. The standard InChI is InChI=1S/C12H20N2O/c1-10-3-2-4-11(5-10)7-14-9-13-6-12(14)8-15/h6,9-11,15H,2-5,7-8H2,1H3. The van der Waals surface area contributed by atoms with Gasteiger partial charge in [-0.2, -0.15) is 0 Å². The maximum absolute atomic E-state index is 9.13. The van der Waals surface area contributed by atoms with E-state index in [0.29, 0.717) is 0 Å². The second-order valence-electron chi connectivity index (χ2n) is 4.83. The first kappa shape index (κ1) is 10.7. The molecule has 0 spiro atoms. The Morgan fingerprint density at radius 1 is 1.53 bits per heavy atom. The summed E-state index contributed by atoms with van der Waals surface area (Å²) in [5.74, 6) is 1.64. The van der Waals surface area contributed by atoms with Crippen LogP contribution < -0.4 is 0 Å². The van der Waals surface area contributed by atoms with Gasteiger partial charge in [0.05, 0.1) is 24.8 Å². The van der Waals surface area contributed by atoms with Crippen molar-refractivity contribution in [3.8, 4) is 0 Å². The SMILES string of the molecule is CC1CCCC(Cn2cncc2CO)C1. The number of aliphatic hydroxyl groups excluding tert-OH is 1.